The van der Waals surface area contributed by atoms with Crippen LogP contribution in [-0.4, -0.2) is 9.97 Å². The first-order valence-electron chi connectivity index (χ1n) is 2.66. The molecule has 0 fully saturated rings. The lowest BCUT2D eigenvalue weighted by atomic mass is 10.3. The van der Waals surface area contributed by atoms with Crippen molar-refractivity contribution in [1.29, 1.82) is 0 Å². The fraction of sp³-hybridized carbons (Fsp3) is 0.200. The molecule has 0 saturated heterocycles. The Balaban J connectivity index is 3.31. The summed E-state index contributed by atoms with van der Waals surface area (Å²) in [5.74, 6) is 0. The molecule has 1 rings (SSSR count). The summed E-state index contributed by atoms with van der Waals surface area (Å²) in [5, 5.41) is -0.568. The summed E-state index contributed by atoms with van der Waals surface area (Å²) in [6.45, 7) is 0. The van der Waals surface area contributed by atoms with Gasteiger partial charge in [-0.15, -0.1) is 0 Å². The lowest BCUT2D eigenvalue weighted by Gasteiger charge is -2.08. The molecule has 12 heavy (non-hydrogen) atoms. The highest BCUT2D eigenvalue weighted by molar-refractivity contribution is 14.1. The Morgan fingerprint density at radius 2 is 1.92 bits per heavy atom. The van der Waals surface area contributed by atoms with Crippen molar-refractivity contribution in [2.45, 2.75) is 6.18 Å². The molecule has 0 amide bonds. The average Bonchev–Trinajstić information content (AvgIpc) is 1.82. The molecule has 0 radical (unpaired) electrons. The Bertz CT molecular complexity index is 281. The summed E-state index contributed by atoms with van der Waals surface area (Å²) >= 11 is 6.69. The Kier molecular flexibility index (Phi) is 2.77. The molecule has 0 spiro atoms. The summed E-state index contributed by atoms with van der Waals surface area (Å²) in [7, 11) is 0. The molecule has 0 N–H and O–H groups in total. The Hall–Kier alpha value is -0.110. The van der Waals surface area contributed by atoms with Crippen molar-refractivity contribution in [3.63, 3.8) is 0 Å². The molecule has 0 aliphatic heterocycles. The van der Waals surface area contributed by atoms with Crippen molar-refractivity contribution in [1.82, 2.24) is 9.97 Å². The lowest BCUT2D eigenvalue weighted by Crippen LogP contribution is -2.10. The van der Waals surface area contributed by atoms with E-state index in [-0.39, 0.29) is 3.70 Å². The molecule has 0 aliphatic rings. The monoisotopic (exact) mass is 308 g/mol. The third kappa shape index (κ3) is 1.98. The van der Waals surface area contributed by atoms with Crippen LogP contribution in [0.25, 0.3) is 0 Å². The van der Waals surface area contributed by atoms with Crippen molar-refractivity contribution in [2.24, 2.45) is 0 Å². The smallest absolute Gasteiger partial charge is 0.230 e. The van der Waals surface area contributed by atoms with Crippen molar-refractivity contribution in [3.8, 4) is 0 Å². The summed E-state index contributed by atoms with van der Waals surface area (Å²) in [6, 6.07) is 0. The van der Waals surface area contributed by atoms with E-state index in [2.05, 4.69) is 9.97 Å². The molecule has 0 aromatic carbocycles. The fourth-order valence-corrected chi connectivity index (χ4v) is 1.66. The topological polar surface area (TPSA) is 25.8 Å². The molecule has 0 aliphatic carbocycles. The largest absolute Gasteiger partial charge is 0.421 e. The second-order valence-corrected chi connectivity index (χ2v) is 3.21. The third-order valence-corrected chi connectivity index (χ3v) is 2.14. The van der Waals surface area contributed by atoms with Crippen LogP contribution in [0.5, 0.6) is 0 Å². The van der Waals surface area contributed by atoms with Gasteiger partial charge in [0.05, 0.1) is 0 Å². The van der Waals surface area contributed by atoms with Gasteiger partial charge in [-0.3, -0.25) is 0 Å². The minimum atomic E-state index is -4.49. The van der Waals surface area contributed by atoms with Crippen molar-refractivity contribution in [2.75, 3.05) is 0 Å². The Labute approximate surface area is 84.3 Å². The number of aromatic nitrogens is 2. The van der Waals surface area contributed by atoms with E-state index in [0.717, 1.165) is 6.33 Å². The van der Waals surface area contributed by atoms with Crippen LogP contribution >= 0.6 is 34.2 Å². The molecule has 1 aromatic rings. The second kappa shape index (κ2) is 3.33. The van der Waals surface area contributed by atoms with Gasteiger partial charge in [0, 0.05) is 0 Å². The normalized spacial score (nSPS) is 11.8. The molecular weight excluding hydrogens is 307 g/mol. The number of hydrogen-bond donors (Lipinski definition) is 0. The van der Waals surface area contributed by atoms with E-state index < -0.39 is 16.9 Å². The maximum absolute atomic E-state index is 12.1. The van der Waals surface area contributed by atoms with Gasteiger partial charge in [-0.25, -0.2) is 9.97 Å². The molecule has 0 saturated carbocycles. The minimum absolute atomic E-state index is 0.194. The zero-order valence-electron chi connectivity index (χ0n) is 5.36. The molecular formula is C5HClF3IN2. The molecule has 1 aromatic heterocycles. The predicted molar refractivity (Wildman–Crippen MR) is 44.8 cm³/mol. The van der Waals surface area contributed by atoms with Crippen molar-refractivity contribution >= 4 is 34.2 Å². The van der Waals surface area contributed by atoms with Crippen LogP contribution in [0.2, 0.25) is 5.15 Å². The van der Waals surface area contributed by atoms with Gasteiger partial charge < -0.3 is 0 Å². The Morgan fingerprint density at radius 1 is 1.33 bits per heavy atom. The van der Waals surface area contributed by atoms with E-state index in [1.807, 2.05) is 0 Å². The number of hydrogen-bond acceptors (Lipinski definition) is 2. The van der Waals surface area contributed by atoms with Crippen LogP contribution in [0, 0.1) is 3.70 Å². The van der Waals surface area contributed by atoms with Gasteiger partial charge >= 0.3 is 6.18 Å². The number of rotatable bonds is 0. The van der Waals surface area contributed by atoms with Crippen LogP contribution < -0.4 is 0 Å². The molecule has 7 heteroatoms. The summed E-state index contributed by atoms with van der Waals surface area (Å²) in [5.41, 5.74) is -0.979. The van der Waals surface area contributed by atoms with Crippen LogP contribution in [0.15, 0.2) is 6.33 Å². The maximum atomic E-state index is 12.1. The highest BCUT2D eigenvalue weighted by Gasteiger charge is 2.36. The zero-order chi connectivity index (χ0) is 9.35. The molecule has 0 atom stereocenters. The van der Waals surface area contributed by atoms with E-state index in [1.54, 1.807) is 0 Å². The van der Waals surface area contributed by atoms with E-state index in [0.29, 0.717) is 0 Å². The first-order chi connectivity index (χ1) is 5.43. The van der Waals surface area contributed by atoms with E-state index in [4.69, 9.17) is 11.6 Å². The number of nitrogens with zero attached hydrogens (tertiary/aromatic N) is 2. The number of alkyl halides is 3. The second-order valence-electron chi connectivity index (χ2n) is 1.83. The average molecular weight is 308 g/mol. The van der Waals surface area contributed by atoms with Gasteiger partial charge in [0.15, 0.2) is 0 Å². The van der Waals surface area contributed by atoms with Crippen LogP contribution in [0.4, 0.5) is 13.2 Å². The first kappa shape index (κ1) is 9.97. The van der Waals surface area contributed by atoms with Crippen molar-refractivity contribution < 1.29 is 13.2 Å². The maximum Gasteiger partial charge on any atom is 0.421 e. The summed E-state index contributed by atoms with van der Waals surface area (Å²) < 4.78 is 36.2. The van der Waals surface area contributed by atoms with Crippen LogP contribution in [0.1, 0.15) is 5.56 Å². The van der Waals surface area contributed by atoms with E-state index >= 15 is 0 Å². The van der Waals surface area contributed by atoms with E-state index in [9.17, 15) is 13.2 Å². The molecule has 0 bridgehead atoms. The zero-order valence-corrected chi connectivity index (χ0v) is 8.28. The summed E-state index contributed by atoms with van der Waals surface area (Å²) in [4.78, 5) is 6.61. The first-order valence-corrected chi connectivity index (χ1v) is 4.12. The predicted octanol–water partition coefficient (Wildman–Crippen LogP) is 2.75. The van der Waals surface area contributed by atoms with Gasteiger partial charge in [0.25, 0.3) is 0 Å². The van der Waals surface area contributed by atoms with Crippen LogP contribution in [-0.2, 0) is 6.18 Å². The highest BCUT2D eigenvalue weighted by atomic mass is 127. The lowest BCUT2D eigenvalue weighted by molar-refractivity contribution is -0.138. The summed E-state index contributed by atoms with van der Waals surface area (Å²) in [6.07, 6.45) is -3.51. The van der Waals surface area contributed by atoms with Gasteiger partial charge in [-0.05, 0) is 22.6 Å². The van der Waals surface area contributed by atoms with Gasteiger partial charge in [-0.1, -0.05) is 11.6 Å². The molecule has 1 heterocycles. The minimum Gasteiger partial charge on any atom is -0.230 e. The number of halogens is 5. The van der Waals surface area contributed by atoms with Crippen molar-refractivity contribution in [3.05, 3.63) is 20.7 Å². The van der Waals surface area contributed by atoms with Gasteiger partial charge in [-0.2, -0.15) is 13.2 Å². The van der Waals surface area contributed by atoms with Crippen LogP contribution in [0.3, 0.4) is 0 Å². The Morgan fingerprint density at radius 3 is 2.25 bits per heavy atom. The SMILES string of the molecule is FC(F)(F)c1c(Cl)ncnc1I. The highest BCUT2D eigenvalue weighted by Crippen LogP contribution is 2.35. The molecule has 0 unspecified atom stereocenters. The fourth-order valence-electron chi connectivity index (χ4n) is 0.578. The molecule has 2 nitrogen and oxygen atoms in total. The van der Waals surface area contributed by atoms with Gasteiger partial charge in [0.1, 0.15) is 20.7 Å². The van der Waals surface area contributed by atoms with E-state index in [1.165, 1.54) is 22.6 Å². The van der Waals surface area contributed by atoms with Gasteiger partial charge in [0.2, 0.25) is 0 Å². The third-order valence-electron chi connectivity index (χ3n) is 1.04. The standard InChI is InChI=1S/C5HClF3IN2/c6-3-2(5(7,8)9)4(10)12-1-11-3/h1H. The quantitative estimate of drug-likeness (QED) is 0.544. The molecule has 66 valence electrons.